The Hall–Kier alpha value is -1.93. The highest BCUT2D eigenvalue weighted by Gasteiger charge is 2.55. The maximum Gasteiger partial charge on any atom is 0.224 e. The number of nitrogens with zero attached hydrogens (tertiary/aromatic N) is 4. The fourth-order valence-electron chi connectivity index (χ4n) is 5.42. The van der Waals surface area contributed by atoms with E-state index < -0.39 is 10.0 Å². The van der Waals surface area contributed by atoms with E-state index in [1.165, 1.54) is 32.1 Å². The van der Waals surface area contributed by atoms with Crippen molar-refractivity contribution in [2.75, 3.05) is 29.1 Å². The molecule has 1 spiro atoms. The molecule has 2 saturated carbocycles. The third-order valence-corrected chi connectivity index (χ3v) is 9.28. The second-order valence-electron chi connectivity index (χ2n) is 9.16. The minimum atomic E-state index is -3.11. The third kappa shape index (κ3) is 3.43. The van der Waals surface area contributed by atoms with Crippen LogP contribution in [0.2, 0.25) is 0 Å². The molecule has 8 heteroatoms. The van der Waals surface area contributed by atoms with Gasteiger partial charge in [-0.1, -0.05) is 13.0 Å². The van der Waals surface area contributed by atoms with Gasteiger partial charge in [-0.3, -0.25) is 0 Å². The quantitative estimate of drug-likeness (QED) is 0.773. The van der Waals surface area contributed by atoms with Crippen LogP contribution in [-0.2, 0) is 10.0 Å². The van der Waals surface area contributed by atoms with Crippen molar-refractivity contribution in [1.82, 2.24) is 14.3 Å². The lowest BCUT2D eigenvalue weighted by atomic mass is 9.96. The van der Waals surface area contributed by atoms with Crippen molar-refractivity contribution in [1.29, 1.82) is 0 Å². The van der Waals surface area contributed by atoms with Crippen LogP contribution in [0.5, 0.6) is 0 Å². The van der Waals surface area contributed by atoms with E-state index in [4.69, 9.17) is 4.98 Å². The van der Waals surface area contributed by atoms with Crippen molar-refractivity contribution in [2.24, 2.45) is 5.41 Å². The molecule has 1 N–H and O–H groups in total. The Morgan fingerprint density at radius 2 is 1.97 bits per heavy atom. The van der Waals surface area contributed by atoms with Gasteiger partial charge in [-0.2, -0.15) is 4.98 Å². The van der Waals surface area contributed by atoms with E-state index in [9.17, 15) is 8.42 Å². The Labute approximate surface area is 179 Å². The zero-order valence-corrected chi connectivity index (χ0v) is 18.5. The van der Waals surface area contributed by atoms with E-state index in [1.54, 1.807) is 11.2 Å². The molecule has 5 rings (SSSR count). The van der Waals surface area contributed by atoms with Gasteiger partial charge in [-0.15, -0.1) is 0 Å². The summed E-state index contributed by atoms with van der Waals surface area (Å²) in [6.07, 6.45) is 14.0. The molecular weight excluding hydrogens is 398 g/mol. The van der Waals surface area contributed by atoms with Crippen molar-refractivity contribution in [3.63, 3.8) is 0 Å². The number of sulfonamides is 1. The summed E-state index contributed by atoms with van der Waals surface area (Å²) in [5.41, 5.74) is 2.52. The van der Waals surface area contributed by atoms with Crippen LogP contribution in [0.4, 0.5) is 11.8 Å². The number of nitrogens with one attached hydrogen (secondary N) is 1. The molecule has 7 nitrogen and oxygen atoms in total. The van der Waals surface area contributed by atoms with Crippen LogP contribution in [0.3, 0.4) is 0 Å². The second kappa shape index (κ2) is 7.34. The highest BCUT2D eigenvalue weighted by Crippen LogP contribution is 2.60. The molecule has 2 aliphatic carbocycles. The molecule has 1 aromatic heterocycles. The Bertz CT molecular complexity index is 977. The molecule has 0 unspecified atom stereocenters. The summed E-state index contributed by atoms with van der Waals surface area (Å²) in [6.45, 7) is 7.11. The van der Waals surface area contributed by atoms with Crippen molar-refractivity contribution in [2.45, 2.75) is 64.0 Å². The number of anilines is 2. The summed E-state index contributed by atoms with van der Waals surface area (Å²) in [6, 6.07) is 0.669. The fraction of sp³-hybridized carbons (Fsp3) is 0.636. The van der Waals surface area contributed by atoms with Gasteiger partial charge in [0.05, 0.1) is 5.75 Å². The second-order valence-corrected chi connectivity index (χ2v) is 11.4. The molecule has 3 heterocycles. The molecule has 1 atom stereocenters. The van der Waals surface area contributed by atoms with Crippen molar-refractivity contribution in [3.05, 3.63) is 30.1 Å². The zero-order chi connectivity index (χ0) is 20.9. The molecule has 0 aromatic carbocycles. The minimum absolute atomic E-state index is 0.162. The van der Waals surface area contributed by atoms with Crippen LogP contribution in [0, 0.1) is 5.41 Å². The highest BCUT2D eigenvalue weighted by molar-refractivity contribution is 7.89. The molecule has 0 bridgehead atoms. The smallest absolute Gasteiger partial charge is 0.224 e. The van der Waals surface area contributed by atoms with Crippen molar-refractivity contribution < 1.29 is 8.42 Å². The van der Waals surface area contributed by atoms with Gasteiger partial charge < -0.3 is 10.2 Å². The highest BCUT2D eigenvalue weighted by atomic mass is 32.2. The Morgan fingerprint density at radius 1 is 1.20 bits per heavy atom. The largest absolute Gasteiger partial charge is 0.351 e. The first kappa shape index (κ1) is 20.0. The van der Waals surface area contributed by atoms with E-state index in [0.29, 0.717) is 30.5 Å². The third-order valence-electron chi connectivity index (χ3n) is 7.40. The summed E-state index contributed by atoms with van der Waals surface area (Å²) in [4.78, 5) is 11.8. The molecule has 1 saturated heterocycles. The predicted octanol–water partition coefficient (Wildman–Crippen LogP) is 3.38. The first-order chi connectivity index (χ1) is 14.4. The number of allylic oxidation sites excluding steroid dienone is 1. The molecule has 162 valence electrons. The molecule has 3 fully saturated rings. The van der Waals surface area contributed by atoms with Gasteiger partial charge in [0.25, 0.3) is 0 Å². The maximum atomic E-state index is 12.1. The van der Waals surface area contributed by atoms with Gasteiger partial charge in [0.2, 0.25) is 16.0 Å². The lowest BCUT2D eigenvalue weighted by molar-refractivity contribution is 0.329. The van der Waals surface area contributed by atoms with E-state index in [-0.39, 0.29) is 11.8 Å². The lowest BCUT2D eigenvalue weighted by Gasteiger charge is -2.37. The van der Waals surface area contributed by atoms with Gasteiger partial charge >= 0.3 is 0 Å². The van der Waals surface area contributed by atoms with E-state index in [2.05, 4.69) is 33.9 Å². The van der Waals surface area contributed by atoms with Crippen LogP contribution in [0.15, 0.2) is 24.5 Å². The predicted molar refractivity (Wildman–Crippen MR) is 120 cm³/mol. The molecule has 2 aliphatic heterocycles. The minimum Gasteiger partial charge on any atom is -0.351 e. The topological polar surface area (TPSA) is 78.4 Å². The average Bonchev–Trinajstić information content (AvgIpc) is 3.41. The fourth-order valence-corrected chi connectivity index (χ4v) is 6.56. The van der Waals surface area contributed by atoms with Gasteiger partial charge in [0.1, 0.15) is 5.82 Å². The summed E-state index contributed by atoms with van der Waals surface area (Å²) in [7, 11) is -3.11. The summed E-state index contributed by atoms with van der Waals surface area (Å²) < 4.78 is 25.8. The standard InChI is InChI=1S/C22H31N5O2S/c1-3-30(28,29)26-13-8-18(9-14-26)24-21-23-15-17-7-6-16(2)27(20(17)25-21)19-5-4-10-22(19)11-12-22/h6-7,15,18-19H,2-5,8-14H2,1H3,(H,23,24,25)/t19-/m0/s1. The van der Waals surface area contributed by atoms with Crippen LogP contribution in [0.25, 0.3) is 6.08 Å². The molecule has 30 heavy (non-hydrogen) atoms. The maximum absolute atomic E-state index is 12.1. The van der Waals surface area contributed by atoms with Crippen molar-refractivity contribution >= 4 is 27.9 Å². The summed E-state index contributed by atoms with van der Waals surface area (Å²) >= 11 is 0. The first-order valence-electron chi connectivity index (χ1n) is 11.2. The number of hydrogen-bond acceptors (Lipinski definition) is 6. The monoisotopic (exact) mass is 429 g/mol. The lowest BCUT2D eigenvalue weighted by Crippen LogP contribution is -2.43. The number of rotatable bonds is 5. The van der Waals surface area contributed by atoms with Crippen LogP contribution < -0.4 is 10.2 Å². The van der Waals surface area contributed by atoms with E-state index in [1.807, 2.05) is 6.20 Å². The van der Waals surface area contributed by atoms with Gasteiger partial charge in [0.15, 0.2) is 0 Å². The normalized spacial score (nSPS) is 26.2. The van der Waals surface area contributed by atoms with Crippen molar-refractivity contribution in [3.8, 4) is 0 Å². The first-order valence-corrected chi connectivity index (χ1v) is 12.8. The number of hydrogen-bond donors (Lipinski definition) is 1. The van der Waals surface area contributed by atoms with Crippen LogP contribution >= 0.6 is 0 Å². The Morgan fingerprint density at radius 3 is 2.67 bits per heavy atom. The number of fused-ring (bicyclic) bond motifs is 1. The van der Waals surface area contributed by atoms with Crippen LogP contribution in [-0.4, -0.2) is 53.6 Å². The van der Waals surface area contributed by atoms with Gasteiger partial charge in [-0.25, -0.2) is 17.7 Å². The molecule has 1 aromatic rings. The molecule has 4 aliphatic rings. The van der Waals surface area contributed by atoms with E-state index >= 15 is 0 Å². The number of piperidine rings is 1. The Balaban J connectivity index is 1.33. The average molecular weight is 430 g/mol. The summed E-state index contributed by atoms with van der Waals surface area (Å²) in [5.74, 6) is 1.75. The summed E-state index contributed by atoms with van der Waals surface area (Å²) in [5, 5.41) is 3.46. The van der Waals surface area contributed by atoms with Gasteiger partial charge in [-0.05, 0) is 63.0 Å². The zero-order valence-electron chi connectivity index (χ0n) is 17.7. The van der Waals surface area contributed by atoms with E-state index in [0.717, 1.165) is 29.9 Å². The van der Waals surface area contributed by atoms with Gasteiger partial charge in [0, 0.05) is 42.6 Å². The van der Waals surface area contributed by atoms with Crippen LogP contribution in [0.1, 0.15) is 57.4 Å². The molecule has 0 radical (unpaired) electrons. The molecular formula is C22H31N5O2S. The SMILES string of the molecule is C=C1C=Cc2cnc(NC3CCN(S(=O)(=O)CC)CC3)nc2N1[C@H]1CCCC12CC2. The molecule has 0 amide bonds. The Kier molecular flexibility index (Phi) is 4.89. The number of aromatic nitrogens is 2.